The average Bonchev–Trinajstić information content (AvgIpc) is 2.74. The molecule has 0 aliphatic rings. The van der Waals surface area contributed by atoms with Gasteiger partial charge in [-0.3, -0.25) is 0 Å². The number of hydrogen-bond donors (Lipinski definition) is 2. The number of hydrogen-bond acceptors (Lipinski definition) is 7. The van der Waals surface area contributed by atoms with Crippen molar-refractivity contribution in [2.75, 3.05) is 16.4 Å². The lowest BCUT2D eigenvalue weighted by atomic mass is 10.2. The summed E-state index contributed by atoms with van der Waals surface area (Å²) in [5, 5.41) is 5.11. The maximum atomic E-state index is 12.3. The molecular formula is C22H22N2O7S2. The number of benzene rings is 3. The Hall–Kier alpha value is -3.57. The van der Waals surface area contributed by atoms with Crippen molar-refractivity contribution in [3.63, 3.8) is 0 Å². The predicted octanol–water partition coefficient (Wildman–Crippen LogP) is 3.97. The van der Waals surface area contributed by atoms with Gasteiger partial charge in [-0.05, 0) is 36.8 Å². The number of carbonyl (C=O) groups is 1. The quantitative estimate of drug-likeness (QED) is 0.434. The van der Waals surface area contributed by atoms with E-state index in [1.165, 1.54) is 43.3 Å². The van der Waals surface area contributed by atoms with Gasteiger partial charge in [0.25, 0.3) is 0 Å². The summed E-state index contributed by atoms with van der Waals surface area (Å²) in [6.07, 6.45) is 0. The lowest BCUT2D eigenvalue weighted by Gasteiger charge is -2.11. The van der Waals surface area contributed by atoms with Crippen LogP contribution in [-0.2, 0) is 26.0 Å². The maximum Gasteiger partial charge on any atom is 0.323 e. The van der Waals surface area contributed by atoms with Crippen LogP contribution in [0, 0.1) is 0 Å². The number of nitrogens with one attached hydrogen (secondary N) is 2. The van der Waals surface area contributed by atoms with Crippen molar-refractivity contribution in [1.82, 2.24) is 0 Å². The zero-order valence-electron chi connectivity index (χ0n) is 17.6. The minimum Gasteiger partial charge on any atom is -0.382 e. The van der Waals surface area contributed by atoms with E-state index in [9.17, 15) is 21.6 Å². The van der Waals surface area contributed by atoms with Crippen molar-refractivity contribution >= 4 is 37.6 Å². The number of carbonyl (C=O) groups excluding carboxylic acids is 1. The van der Waals surface area contributed by atoms with Crippen molar-refractivity contribution in [1.29, 1.82) is 0 Å². The van der Waals surface area contributed by atoms with Crippen LogP contribution in [0.4, 0.5) is 16.2 Å². The van der Waals surface area contributed by atoms with E-state index in [0.29, 0.717) is 16.9 Å². The highest BCUT2D eigenvalue weighted by Crippen LogP contribution is 2.22. The van der Waals surface area contributed by atoms with Crippen LogP contribution in [0.25, 0.3) is 0 Å². The van der Waals surface area contributed by atoms with E-state index < -0.39 is 26.3 Å². The summed E-state index contributed by atoms with van der Waals surface area (Å²) < 4.78 is 57.9. The van der Waals surface area contributed by atoms with E-state index >= 15 is 0 Å². The van der Waals surface area contributed by atoms with E-state index in [-0.39, 0.29) is 23.0 Å². The van der Waals surface area contributed by atoms with Crippen molar-refractivity contribution in [2.45, 2.75) is 12.7 Å². The Labute approximate surface area is 192 Å². The summed E-state index contributed by atoms with van der Waals surface area (Å²) in [6, 6.07) is 19.8. The molecular weight excluding hydrogens is 468 g/mol. The lowest BCUT2D eigenvalue weighted by molar-refractivity contribution is 0.262. The first-order valence-corrected chi connectivity index (χ1v) is 13.0. The third-order valence-electron chi connectivity index (χ3n) is 4.17. The first-order chi connectivity index (χ1) is 15.6. The van der Waals surface area contributed by atoms with E-state index in [4.69, 9.17) is 8.37 Å². The summed E-state index contributed by atoms with van der Waals surface area (Å²) in [5.41, 5.74) is 1.18. The fourth-order valence-corrected chi connectivity index (χ4v) is 4.28. The van der Waals surface area contributed by atoms with Crippen molar-refractivity contribution in [3.05, 3.63) is 84.4 Å². The fourth-order valence-electron chi connectivity index (χ4n) is 2.70. The van der Waals surface area contributed by atoms with Gasteiger partial charge in [0.15, 0.2) is 0 Å². The van der Waals surface area contributed by atoms with Gasteiger partial charge in [0.2, 0.25) is 0 Å². The fraction of sp³-hybridized carbons (Fsp3) is 0.136. The summed E-state index contributed by atoms with van der Waals surface area (Å²) in [6.45, 7) is 1.45. The molecule has 2 amide bonds. The van der Waals surface area contributed by atoms with Gasteiger partial charge in [-0.2, -0.15) is 16.8 Å². The largest absolute Gasteiger partial charge is 0.382 e. The maximum absolute atomic E-state index is 12.3. The number of urea groups is 1. The molecule has 0 heterocycles. The molecule has 0 bridgehead atoms. The number of rotatable bonds is 9. The van der Waals surface area contributed by atoms with E-state index in [0.717, 1.165) is 0 Å². The first kappa shape index (κ1) is 24.1. The van der Waals surface area contributed by atoms with Gasteiger partial charge in [-0.15, -0.1) is 0 Å². The van der Waals surface area contributed by atoms with Gasteiger partial charge >= 0.3 is 26.3 Å². The molecule has 0 radical (unpaired) electrons. The topological polar surface area (TPSA) is 128 Å². The van der Waals surface area contributed by atoms with Crippen molar-refractivity contribution in [2.24, 2.45) is 0 Å². The van der Waals surface area contributed by atoms with E-state index in [1.54, 1.807) is 42.5 Å². The molecule has 3 rings (SSSR count). The van der Waals surface area contributed by atoms with Crippen molar-refractivity contribution < 1.29 is 30.0 Å². The molecule has 0 unspecified atom stereocenters. The van der Waals surface area contributed by atoms with Gasteiger partial charge in [0.1, 0.15) is 17.3 Å². The van der Waals surface area contributed by atoms with Gasteiger partial charge in [-0.1, -0.05) is 42.5 Å². The zero-order valence-corrected chi connectivity index (χ0v) is 19.2. The third-order valence-corrected chi connectivity index (χ3v) is 6.46. The molecule has 9 nitrogen and oxygen atoms in total. The Morgan fingerprint density at radius 1 is 0.727 bits per heavy atom. The lowest BCUT2D eigenvalue weighted by Crippen LogP contribution is -2.19. The normalized spacial score (nSPS) is 11.4. The predicted molar refractivity (Wildman–Crippen MR) is 125 cm³/mol. The molecule has 3 aromatic rings. The van der Waals surface area contributed by atoms with Crippen LogP contribution in [0.15, 0.2) is 78.9 Å². The number of anilines is 2. The zero-order chi connectivity index (χ0) is 23.9. The second-order valence-electron chi connectivity index (χ2n) is 6.84. The summed E-state index contributed by atoms with van der Waals surface area (Å²) in [5.74, 6) is -0.375. The Morgan fingerprint density at radius 2 is 1.24 bits per heavy atom. The Morgan fingerprint density at radius 3 is 1.76 bits per heavy atom. The summed E-state index contributed by atoms with van der Waals surface area (Å²) in [4.78, 5) is 12.3. The minimum absolute atomic E-state index is 0.0453. The first-order valence-electron chi connectivity index (χ1n) is 9.80. The van der Waals surface area contributed by atoms with Crippen LogP contribution in [0.2, 0.25) is 0 Å². The molecule has 0 fully saturated rings. The standard InChI is InChI=1S/C22H22N2O7S2/c1-2-32(26,27)30-20-12-6-10-18(14-20)23-22(25)24-19-11-7-13-21(15-19)31-33(28,29)16-17-8-4-3-5-9-17/h3-15H,2,16H2,1H3,(H2,23,24,25). The summed E-state index contributed by atoms with van der Waals surface area (Å²) >= 11 is 0. The second-order valence-corrected chi connectivity index (χ2v) is 10.3. The highest BCUT2D eigenvalue weighted by Gasteiger charge is 2.15. The van der Waals surface area contributed by atoms with Gasteiger partial charge in [-0.25, -0.2) is 4.79 Å². The second kappa shape index (κ2) is 10.4. The highest BCUT2D eigenvalue weighted by atomic mass is 32.2. The van der Waals surface area contributed by atoms with Crippen LogP contribution >= 0.6 is 0 Å². The Bertz CT molecular complexity index is 1330. The Balaban J connectivity index is 1.63. The average molecular weight is 491 g/mol. The van der Waals surface area contributed by atoms with Crippen LogP contribution in [-0.4, -0.2) is 28.6 Å². The molecule has 0 aliphatic heterocycles. The molecule has 11 heteroatoms. The van der Waals surface area contributed by atoms with Gasteiger partial charge in [0, 0.05) is 23.5 Å². The third kappa shape index (κ3) is 7.81. The number of amides is 2. The SMILES string of the molecule is CCS(=O)(=O)Oc1cccc(NC(=O)Nc2cccc(OS(=O)(=O)Cc3ccccc3)c2)c1. The van der Waals surface area contributed by atoms with Crippen molar-refractivity contribution in [3.8, 4) is 11.5 Å². The molecule has 174 valence electrons. The molecule has 2 N–H and O–H groups in total. The van der Waals surface area contributed by atoms with Crippen LogP contribution < -0.4 is 19.0 Å². The molecule has 0 aromatic heterocycles. The molecule has 33 heavy (non-hydrogen) atoms. The molecule has 0 spiro atoms. The highest BCUT2D eigenvalue weighted by molar-refractivity contribution is 7.87. The molecule has 0 atom stereocenters. The van der Waals surface area contributed by atoms with Gasteiger partial charge < -0.3 is 19.0 Å². The monoisotopic (exact) mass is 490 g/mol. The van der Waals surface area contributed by atoms with E-state index in [1.807, 2.05) is 0 Å². The van der Waals surface area contributed by atoms with E-state index in [2.05, 4.69) is 10.6 Å². The van der Waals surface area contributed by atoms with Crippen LogP contribution in [0.1, 0.15) is 12.5 Å². The van der Waals surface area contributed by atoms with Crippen LogP contribution in [0.3, 0.4) is 0 Å². The molecule has 3 aromatic carbocycles. The van der Waals surface area contributed by atoms with Gasteiger partial charge in [0.05, 0.1) is 5.75 Å². The molecule has 0 saturated heterocycles. The summed E-state index contributed by atoms with van der Waals surface area (Å²) in [7, 11) is -7.59. The molecule has 0 saturated carbocycles. The Kier molecular flexibility index (Phi) is 7.56. The smallest absolute Gasteiger partial charge is 0.323 e. The van der Waals surface area contributed by atoms with Crippen LogP contribution in [0.5, 0.6) is 11.5 Å². The molecule has 0 aliphatic carbocycles. The minimum atomic E-state index is -3.89.